The molecule has 0 spiro atoms. The summed E-state index contributed by atoms with van der Waals surface area (Å²) in [6.45, 7) is 3.57. The zero-order chi connectivity index (χ0) is 12.5. The quantitative estimate of drug-likeness (QED) is 0.483. The van der Waals surface area contributed by atoms with Gasteiger partial charge in [0.15, 0.2) is 0 Å². The van der Waals surface area contributed by atoms with Gasteiger partial charge in [0.1, 0.15) is 0 Å². The molecular weight excluding hydrogens is 224 g/mol. The molecule has 96 valence electrons. The molecule has 0 radical (unpaired) electrons. The number of ether oxygens (including phenoxy) is 1. The molecular formula is C11H18N2O4. The Labute approximate surface area is 100 Å². The van der Waals surface area contributed by atoms with E-state index in [1.165, 1.54) is 6.08 Å². The number of nitrogens with zero attached hydrogens (tertiary/aromatic N) is 1. The van der Waals surface area contributed by atoms with Gasteiger partial charge in [-0.25, -0.2) is 4.79 Å². The van der Waals surface area contributed by atoms with E-state index >= 15 is 0 Å². The first kappa shape index (κ1) is 13.7. The molecule has 0 aromatic rings. The lowest BCUT2D eigenvalue weighted by atomic mass is 10.3. The van der Waals surface area contributed by atoms with Gasteiger partial charge >= 0.3 is 5.97 Å². The number of carboxylic acid groups (broad SMARTS) is 1. The van der Waals surface area contributed by atoms with Gasteiger partial charge in [0, 0.05) is 38.7 Å². The highest BCUT2D eigenvalue weighted by molar-refractivity contribution is 5.79. The minimum absolute atomic E-state index is 0.114. The van der Waals surface area contributed by atoms with Crippen LogP contribution in [0.2, 0.25) is 0 Å². The predicted molar refractivity (Wildman–Crippen MR) is 61.7 cm³/mol. The van der Waals surface area contributed by atoms with Crippen LogP contribution in [-0.2, 0) is 14.3 Å². The summed E-state index contributed by atoms with van der Waals surface area (Å²) in [4.78, 5) is 23.6. The van der Waals surface area contributed by atoms with Crippen LogP contribution in [0.3, 0.4) is 0 Å². The SMILES string of the molecule is O=C(O)/C=C/CNCCC(=O)N1CCOCC1. The van der Waals surface area contributed by atoms with Gasteiger partial charge in [-0.05, 0) is 0 Å². The average Bonchev–Trinajstić information content (AvgIpc) is 2.34. The van der Waals surface area contributed by atoms with E-state index in [9.17, 15) is 9.59 Å². The number of morpholine rings is 1. The molecule has 1 aliphatic rings. The van der Waals surface area contributed by atoms with Crippen LogP contribution in [0.25, 0.3) is 0 Å². The van der Waals surface area contributed by atoms with E-state index in [0.717, 1.165) is 6.08 Å². The number of hydrogen-bond acceptors (Lipinski definition) is 4. The number of carboxylic acids is 1. The highest BCUT2D eigenvalue weighted by Gasteiger charge is 2.15. The van der Waals surface area contributed by atoms with Gasteiger partial charge in [0.2, 0.25) is 5.91 Å². The number of amides is 1. The van der Waals surface area contributed by atoms with Gasteiger partial charge in [-0.3, -0.25) is 4.79 Å². The lowest BCUT2D eigenvalue weighted by Crippen LogP contribution is -2.41. The highest BCUT2D eigenvalue weighted by Crippen LogP contribution is 1.99. The van der Waals surface area contributed by atoms with Crippen molar-refractivity contribution in [3.05, 3.63) is 12.2 Å². The van der Waals surface area contributed by atoms with Crippen LogP contribution in [0.5, 0.6) is 0 Å². The first-order chi connectivity index (χ1) is 8.20. The van der Waals surface area contributed by atoms with Crippen molar-refractivity contribution in [2.75, 3.05) is 39.4 Å². The van der Waals surface area contributed by atoms with Crippen molar-refractivity contribution in [1.82, 2.24) is 10.2 Å². The largest absolute Gasteiger partial charge is 0.478 e. The van der Waals surface area contributed by atoms with Gasteiger partial charge in [-0.1, -0.05) is 6.08 Å². The Bertz CT molecular complexity index is 285. The minimum atomic E-state index is -0.962. The molecule has 6 nitrogen and oxygen atoms in total. The van der Waals surface area contributed by atoms with E-state index in [4.69, 9.17) is 9.84 Å². The lowest BCUT2D eigenvalue weighted by Gasteiger charge is -2.26. The fourth-order valence-electron chi connectivity index (χ4n) is 1.51. The van der Waals surface area contributed by atoms with E-state index in [-0.39, 0.29) is 5.91 Å². The highest BCUT2D eigenvalue weighted by atomic mass is 16.5. The van der Waals surface area contributed by atoms with Crippen LogP contribution < -0.4 is 5.32 Å². The Hall–Kier alpha value is -1.40. The van der Waals surface area contributed by atoms with Crippen LogP contribution in [0.1, 0.15) is 6.42 Å². The van der Waals surface area contributed by atoms with Crippen LogP contribution in [0, 0.1) is 0 Å². The molecule has 17 heavy (non-hydrogen) atoms. The molecule has 1 amide bonds. The summed E-state index contributed by atoms with van der Waals surface area (Å²) >= 11 is 0. The van der Waals surface area contributed by atoms with E-state index < -0.39 is 5.97 Å². The van der Waals surface area contributed by atoms with Crippen LogP contribution >= 0.6 is 0 Å². The van der Waals surface area contributed by atoms with Crippen molar-refractivity contribution >= 4 is 11.9 Å². The molecule has 0 unspecified atom stereocenters. The standard InChI is InChI=1S/C11H18N2O4/c14-10(13-6-8-17-9-7-13)3-5-12-4-1-2-11(15)16/h1-2,12H,3-9H2,(H,15,16)/b2-1+. The summed E-state index contributed by atoms with van der Waals surface area (Å²) in [6, 6.07) is 0. The lowest BCUT2D eigenvalue weighted by molar-refractivity contribution is -0.135. The summed E-state index contributed by atoms with van der Waals surface area (Å²) in [5, 5.41) is 11.3. The summed E-state index contributed by atoms with van der Waals surface area (Å²) < 4.78 is 5.16. The summed E-state index contributed by atoms with van der Waals surface area (Å²) in [5.74, 6) is -0.848. The molecule has 0 aromatic carbocycles. The number of nitrogens with one attached hydrogen (secondary N) is 1. The third-order valence-electron chi connectivity index (χ3n) is 2.40. The van der Waals surface area contributed by atoms with Gasteiger partial charge in [-0.15, -0.1) is 0 Å². The molecule has 1 rings (SSSR count). The zero-order valence-electron chi connectivity index (χ0n) is 9.72. The van der Waals surface area contributed by atoms with Crippen molar-refractivity contribution in [2.24, 2.45) is 0 Å². The van der Waals surface area contributed by atoms with Crippen molar-refractivity contribution in [3.63, 3.8) is 0 Å². The molecule has 6 heteroatoms. The van der Waals surface area contributed by atoms with Gasteiger partial charge in [0.05, 0.1) is 13.2 Å². The number of carbonyl (C=O) groups excluding carboxylic acids is 1. The fourth-order valence-corrected chi connectivity index (χ4v) is 1.51. The monoisotopic (exact) mass is 242 g/mol. The zero-order valence-corrected chi connectivity index (χ0v) is 9.72. The van der Waals surface area contributed by atoms with Gasteiger partial charge in [0.25, 0.3) is 0 Å². The van der Waals surface area contributed by atoms with Crippen molar-refractivity contribution in [1.29, 1.82) is 0 Å². The topological polar surface area (TPSA) is 78.9 Å². The van der Waals surface area contributed by atoms with E-state index in [0.29, 0.717) is 45.8 Å². The third-order valence-corrected chi connectivity index (χ3v) is 2.40. The summed E-state index contributed by atoms with van der Waals surface area (Å²) in [5.41, 5.74) is 0. The first-order valence-corrected chi connectivity index (χ1v) is 5.66. The fraction of sp³-hybridized carbons (Fsp3) is 0.636. The first-order valence-electron chi connectivity index (χ1n) is 5.66. The Morgan fingerprint density at radius 1 is 1.35 bits per heavy atom. The summed E-state index contributed by atoms with van der Waals surface area (Å²) in [6.07, 6.45) is 3.03. The third kappa shape index (κ3) is 6.03. The number of aliphatic carboxylic acids is 1. The maximum Gasteiger partial charge on any atom is 0.328 e. The molecule has 1 heterocycles. The Morgan fingerprint density at radius 2 is 2.06 bits per heavy atom. The molecule has 1 fully saturated rings. The van der Waals surface area contributed by atoms with E-state index in [1.54, 1.807) is 4.90 Å². The van der Waals surface area contributed by atoms with Gasteiger partial charge < -0.3 is 20.1 Å². The normalized spacial score (nSPS) is 16.4. The van der Waals surface area contributed by atoms with E-state index in [1.807, 2.05) is 0 Å². The number of rotatable bonds is 6. The van der Waals surface area contributed by atoms with Crippen LogP contribution in [0.15, 0.2) is 12.2 Å². The summed E-state index contributed by atoms with van der Waals surface area (Å²) in [7, 11) is 0. The molecule has 0 saturated carbocycles. The maximum atomic E-state index is 11.7. The second-order valence-corrected chi connectivity index (χ2v) is 3.69. The Balaban J connectivity index is 2.05. The van der Waals surface area contributed by atoms with Crippen molar-refractivity contribution in [2.45, 2.75) is 6.42 Å². The molecule has 2 N–H and O–H groups in total. The molecule has 1 saturated heterocycles. The van der Waals surface area contributed by atoms with E-state index in [2.05, 4.69) is 5.32 Å². The molecule has 0 aromatic heterocycles. The molecule has 0 aliphatic carbocycles. The Morgan fingerprint density at radius 3 is 2.71 bits per heavy atom. The average molecular weight is 242 g/mol. The second-order valence-electron chi connectivity index (χ2n) is 3.69. The van der Waals surface area contributed by atoms with Crippen molar-refractivity contribution < 1.29 is 19.4 Å². The smallest absolute Gasteiger partial charge is 0.328 e. The molecule has 1 aliphatic heterocycles. The predicted octanol–water partition coefficient (Wildman–Crippen LogP) is -0.534. The van der Waals surface area contributed by atoms with Gasteiger partial charge in [-0.2, -0.15) is 0 Å². The molecule has 0 bridgehead atoms. The Kier molecular flexibility index (Phi) is 6.27. The minimum Gasteiger partial charge on any atom is -0.478 e. The maximum absolute atomic E-state index is 11.7. The molecule has 0 atom stereocenters. The second kappa shape index (κ2) is 7.81. The number of carbonyl (C=O) groups is 2. The van der Waals surface area contributed by atoms with Crippen molar-refractivity contribution in [3.8, 4) is 0 Å². The van der Waals surface area contributed by atoms with Crippen LogP contribution in [0.4, 0.5) is 0 Å². The number of hydrogen-bond donors (Lipinski definition) is 2. The van der Waals surface area contributed by atoms with Crippen LogP contribution in [-0.4, -0.2) is 61.3 Å².